The smallest absolute Gasteiger partial charge is 0.127 e. The molecule has 7 heteroatoms. The molecule has 0 amide bonds. The van der Waals surface area contributed by atoms with Crippen LogP contribution < -0.4 is 5.32 Å². The minimum absolute atomic E-state index is 0.0840. The Morgan fingerprint density at radius 2 is 2.06 bits per heavy atom. The summed E-state index contributed by atoms with van der Waals surface area (Å²) in [4.78, 5) is 4.03. The summed E-state index contributed by atoms with van der Waals surface area (Å²) in [6.07, 6.45) is 7.74. The third kappa shape index (κ3) is 3.50. The summed E-state index contributed by atoms with van der Waals surface area (Å²) < 4.78 is 17.4. The van der Waals surface area contributed by atoms with Crippen LogP contribution in [0.5, 0.6) is 5.75 Å². The van der Waals surface area contributed by atoms with Crippen molar-refractivity contribution in [3.05, 3.63) is 61.3 Å². The maximum Gasteiger partial charge on any atom is 0.127 e. The van der Waals surface area contributed by atoms with Gasteiger partial charge in [-0.15, -0.1) is 5.10 Å². The van der Waals surface area contributed by atoms with Crippen LogP contribution in [-0.2, 0) is 0 Å². The van der Waals surface area contributed by atoms with E-state index in [1.165, 1.54) is 0 Å². The normalized spacial score (nSPS) is 29.6. The second kappa shape index (κ2) is 7.52. The number of nitrogens with zero attached hydrogens (tertiary/aromatic N) is 4. The van der Waals surface area contributed by atoms with Crippen LogP contribution in [0, 0.1) is 5.92 Å². The number of piperidine rings is 2. The van der Waals surface area contributed by atoms with Gasteiger partial charge < -0.3 is 15.0 Å². The first kappa shape index (κ1) is 20.8. The van der Waals surface area contributed by atoms with Gasteiger partial charge in [0.25, 0.3) is 0 Å². The highest BCUT2D eigenvalue weighted by Crippen LogP contribution is 2.47. The molecule has 0 radical (unpaired) electrons. The Labute approximate surface area is 187 Å². The first-order valence-electron chi connectivity index (χ1n) is 11.1. The zero-order valence-corrected chi connectivity index (χ0v) is 18.4. The predicted molar refractivity (Wildman–Crippen MR) is 122 cm³/mol. The Bertz CT molecular complexity index is 1150. The van der Waals surface area contributed by atoms with Crippen molar-refractivity contribution in [3.8, 4) is 22.7 Å². The van der Waals surface area contributed by atoms with E-state index in [4.69, 9.17) is 0 Å². The fourth-order valence-corrected chi connectivity index (χ4v) is 5.50. The number of phenolic OH excluding ortho intramolecular Hbond substituents is 1. The van der Waals surface area contributed by atoms with Gasteiger partial charge >= 0.3 is 0 Å². The van der Waals surface area contributed by atoms with Crippen molar-refractivity contribution in [1.29, 1.82) is 0 Å². The highest BCUT2D eigenvalue weighted by Gasteiger charge is 2.53. The molecule has 2 N–H and O–H groups in total. The van der Waals surface area contributed by atoms with Gasteiger partial charge in [0.05, 0.1) is 23.4 Å². The summed E-state index contributed by atoms with van der Waals surface area (Å²) in [7, 11) is 0. The average molecular weight is 434 g/mol. The highest BCUT2D eigenvalue weighted by molar-refractivity contribution is 5.70. The number of nitrogens with one attached hydrogen (secondary N) is 1. The second-order valence-electron chi connectivity index (χ2n) is 9.67. The van der Waals surface area contributed by atoms with E-state index in [2.05, 4.69) is 34.0 Å². The second-order valence-corrected chi connectivity index (χ2v) is 9.67. The van der Waals surface area contributed by atoms with E-state index >= 15 is 4.39 Å². The Kier molecular flexibility index (Phi) is 4.89. The summed E-state index contributed by atoms with van der Waals surface area (Å²) in [6, 6.07) is 8.97. The van der Waals surface area contributed by atoms with Gasteiger partial charge in [0.15, 0.2) is 0 Å². The van der Waals surface area contributed by atoms with Crippen LogP contribution in [0.2, 0.25) is 0 Å². The maximum absolute atomic E-state index is 15.6. The lowest BCUT2D eigenvalue weighted by Gasteiger charge is -2.55. The fraction of sp³-hybridized carbons (Fsp3) is 0.400. The maximum atomic E-state index is 15.6. The Balaban J connectivity index is 1.38. The molecule has 32 heavy (non-hydrogen) atoms. The summed E-state index contributed by atoms with van der Waals surface area (Å²) in [5.74, 6) is -0.192. The van der Waals surface area contributed by atoms with Crippen molar-refractivity contribution in [3.63, 3.8) is 0 Å². The summed E-state index contributed by atoms with van der Waals surface area (Å²) in [5.41, 5.74) is 2.61. The van der Waals surface area contributed by atoms with Crippen molar-refractivity contribution in [1.82, 2.24) is 25.1 Å². The van der Waals surface area contributed by atoms with Gasteiger partial charge in [-0.1, -0.05) is 6.58 Å². The molecular weight excluding hydrogens is 405 g/mol. The molecule has 3 aromatic rings. The molecule has 2 saturated heterocycles. The molecule has 2 fully saturated rings. The molecule has 2 bridgehead atoms. The van der Waals surface area contributed by atoms with Crippen molar-refractivity contribution in [2.24, 2.45) is 5.92 Å². The van der Waals surface area contributed by atoms with Crippen LogP contribution in [0.4, 0.5) is 4.39 Å². The van der Waals surface area contributed by atoms with Crippen LogP contribution in [0.15, 0.2) is 55.6 Å². The quantitative estimate of drug-likeness (QED) is 0.624. The largest absolute Gasteiger partial charge is 0.507 e. The number of halogens is 1. The van der Waals surface area contributed by atoms with Crippen LogP contribution >= 0.6 is 0 Å². The summed E-state index contributed by atoms with van der Waals surface area (Å²) in [6.45, 7) is 8.39. The van der Waals surface area contributed by atoms with Crippen molar-refractivity contribution >= 4 is 5.57 Å². The van der Waals surface area contributed by atoms with Gasteiger partial charge in [-0.25, -0.2) is 9.37 Å². The standard InChI is InChI=1S/C25H28FN5O/c1-16(19-14-24(2)9-4-10-25(3,30-24)23(19)26)20-7-8-21(29-28-20)18-6-5-17(13-22(18)32)31-12-11-27-15-31/h5-8,11-13,15,19,23,30,32H,1,4,9-10,14H2,2-3H3/t19-,23-,24+,25-/m0/s1. The third-order valence-electron chi connectivity index (χ3n) is 7.15. The van der Waals surface area contributed by atoms with E-state index in [0.29, 0.717) is 28.9 Å². The van der Waals surface area contributed by atoms with Crippen molar-refractivity contribution < 1.29 is 9.50 Å². The van der Waals surface area contributed by atoms with E-state index < -0.39 is 11.7 Å². The van der Waals surface area contributed by atoms with E-state index in [0.717, 1.165) is 24.9 Å². The number of hydrogen-bond acceptors (Lipinski definition) is 5. The number of alkyl halides is 1. The van der Waals surface area contributed by atoms with Crippen LogP contribution in [-0.4, -0.2) is 42.1 Å². The first-order chi connectivity index (χ1) is 15.3. The van der Waals surface area contributed by atoms with E-state index in [-0.39, 0.29) is 17.2 Å². The van der Waals surface area contributed by atoms with E-state index in [9.17, 15) is 5.11 Å². The van der Waals surface area contributed by atoms with Gasteiger partial charge in [0.2, 0.25) is 0 Å². The molecule has 0 unspecified atom stereocenters. The monoisotopic (exact) mass is 433 g/mol. The highest BCUT2D eigenvalue weighted by atomic mass is 19.1. The molecule has 4 atom stereocenters. The van der Waals surface area contributed by atoms with Gasteiger partial charge in [-0.2, -0.15) is 5.10 Å². The molecule has 5 rings (SSSR count). The molecule has 166 valence electrons. The number of phenols is 1. The number of aromatic hydroxyl groups is 1. The van der Waals surface area contributed by atoms with Gasteiger partial charge in [-0.3, -0.25) is 0 Å². The zero-order valence-electron chi connectivity index (χ0n) is 18.4. The topological polar surface area (TPSA) is 75.9 Å². The van der Waals surface area contributed by atoms with Crippen LogP contribution in [0.1, 0.15) is 45.2 Å². The Morgan fingerprint density at radius 3 is 2.75 bits per heavy atom. The van der Waals surface area contributed by atoms with Crippen molar-refractivity contribution in [2.75, 3.05) is 0 Å². The Morgan fingerprint density at radius 1 is 1.22 bits per heavy atom. The van der Waals surface area contributed by atoms with E-state index in [1.54, 1.807) is 30.7 Å². The number of aromatic nitrogens is 4. The number of rotatable bonds is 4. The molecule has 6 nitrogen and oxygen atoms in total. The molecule has 0 saturated carbocycles. The Hall–Kier alpha value is -3.06. The van der Waals surface area contributed by atoms with Crippen molar-refractivity contribution in [2.45, 2.75) is 56.8 Å². The predicted octanol–water partition coefficient (Wildman–Crippen LogP) is 4.70. The molecule has 2 aliphatic heterocycles. The molecule has 2 aromatic heterocycles. The molecule has 2 aliphatic rings. The number of imidazole rings is 1. The molecular formula is C25H28FN5O. The lowest BCUT2D eigenvalue weighted by atomic mass is 9.64. The SMILES string of the molecule is C=C(c1ccc(-c2ccc(-n3ccnc3)cc2O)nn1)[C@@H]1C[C@@]2(C)CCC[C@](C)(N2)[C@H]1F. The van der Waals surface area contributed by atoms with Crippen LogP contribution in [0.25, 0.3) is 22.5 Å². The third-order valence-corrected chi connectivity index (χ3v) is 7.15. The van der Waals surface area contributed by atoms with Gasteiger partial charge in [0, 0.05) is 41.0 Å². The summed E-state index contributed by atoms with van der Waals surface area (Å²) >= 11 is 0. The first-order valence-corrected chi connectivity index (χ1v) is 11.1. The summed E-state index contributed by atoms with van der Waals surface area (Å²) in [5, 5.41) is 22.8. The molecule has 4 heterocycles. The molecule has 1 aromatic carbocycles. The molecule has 0 aliphatic carbocycles. The van der Waals surface area contributed by atoms with Gasteiger partial charge in [0.1, 0.15) is 11.9 Å². The number of benzene rings is 1. The fourth-order valence-electron chi connectivity index (χ4n) is 5.50. The van der Waals surface area contributed by atoms with Gasteiger partial charge in [-0.05, 0) is 69.4 Å². The lowest BCUT2D eigenvalue weighted by Crippen LogP contribution is -2.68. The lowest BCUT2D eigenvalue weighted by molar-refractivity contribution is -0.00602. The minimum atomic E-state index is -1.02. The zero-order chi connectivity index (χ0) is 22.5. The number of hydrogen-bond donors (Lipinski definition) is 2. The minimum Gasteiger partial charge on any atom is -0.507 e. The van der Waals surface area contributed by atoms with Crippen LogP contribution in [0.3, 0.4) is 0 Å². The average Bonchev–Trinajstić information content (AvgIpc) is 3.31. The number of fused-ring (bicyclic) bond motifs is 2. The van der Waals surface area contributed by atoms with E-state index in [1.807, 2.05) is 29.8 Å². The number of allylic oxidation sites excluding steroid dienone is 1. The molecule has 0 spiro atoms.